The molecule has 0 radical (unpaired) electrons. The van der Waals surface area contributed by atoms with Crippen molar-refractivity contribution in [3.8, 4) is 11.5 Å². The van der Waals surface area contributed by atoms with Crippen molar-refractivity contribution in [3.63, 3.8) is 0 Å². The van der Waals surface area contributed by atoms with E-state index in [4.69, 9.17) is 25.8 Å². The van der Waals surface area contributed by atoms with Gasteiger partial charge in [-0.2, -0.15) is 0 Å². The van der Waals surface area contributed by atoms with Gasteiger partial charge in [-0.05, 0) is 41.5 Å². The summed E-state index contributed by atoms with van der Waals surface area (Å²) in [6.07, 6.45) is 0. The first kappa shape index (κ1) is 25.1. The van der Waals surface area contributed by atoms with E-state index in [9.17, 15) is 9.59 Å². The van der Waals surface area contributed by atoms with Crippen LogP contribution in [0.15, 0.2) is 66.7 Å². The van der Waals surface area contributed by atoms with Crippen molar-refractivity contribution in [2.24, 2.45) is 5.41 Å². The third-order valence-electron chi connectivity index (χ3n) is 6.53. The minimum atomic E-state index is -0.666. The highest BCUT2D eigenvalue weighted by molar-refractivity contribution is 6.30. The Labute approximate surface area is 221 Å². The maximum atomic E-state index is 13.8. The molecular formula is C29H29ClN2O5. The first-order valence-corrected chi connectivity index (χ1v) is 12.6. The van der Waals surface area contributed by atoms with E-state index in [0.717, 1.165) is 16.8 Å². The molecule has 0 aromatic heterocycles. The zero-order valence-electron chi connectivity index (χ0n) is 21.0. The molecular weight excluding hydrogens is 492 g/mol. The maximum absolute atomic E-state index is 13.8. The summed E-state index contributed by atoms with van der Waals surface area (Å²) < 4.78 is 17.1. The van der Waals surface area contributed by atoms with E-state index in [1.165, 1.54) is 0 Å². The lowest BCUT2D eigenvalue weighted by molar-refractivity contribution is -0.126. The molecule has 5 rings (SSSR count). The van der Waals surface area contributed by atoms with Crippen molar-refractivity contribution < 1.29 is 23.8 Å². The number of hydrogen-bond acceptors (Lipinski definition) is 6. The number of nitrogens with one attached hydrogen (secondary N) is 1. The normalized spacial score (nSPS) is 18.0. The molecule has 3 aromatic carbocycles. The van der Waals surface area contributed by atoms with Gasteiger partial charge in [-0.25, -0.2) is 4.79 Å². The molecule has 0 fully saturated rings. The van der Waals surface area contributed by atoms with Gasteiger partial charge in [-0.1, -0.05) is 62.7 Å². The van der Waals surface area contributed by atoms with Gasteiger partial charge in [0, 0.05) is 23.0 Å². The lowest BCUT2D eigenvalue weighted by Crippen LogP contribution is -2.49. The van der Waals surface area contributed by atoms with E-state index < -0.39 is 17.4 Å². The van der Waals surface area contributed by atoms with Crippen LogP contribution in [-0.4, -0.2) is 31.3 Å². The summed E-state index contributed by atoms with van der Waals surface area (Å²) in [7, 11) is 0. The van der Waals surface area contributed by atoms with Crippen molar-refractivity contribution >= 4 is 29.2 Å². The van der Waals surface area contributed by atoms with Gasteiger partial charge in [0.05, 0.1) is 23.3 Å². The molecule has 0 bridgehead atoms. The first-order chi connectivity index (χ1) is 17.7. The highest BCUT2D eigenvalue weighted by Crippen LogP contribution is 2.48. The molecule has 7 nitrogen and oxygen atoms in total. The highest BCUT2D eigenvalue weighted by Gasteiger charge is 2.46. The van der Waals surface area contributed by atoms with Gasteiger partial charge < -0.3 is 24.4 Å². The number of anilines is 1. The van der Waals surface area contributed by atoms with Crippen LogP contribution >= 0.6 is 11.6 Å². The van der Waals surface area contributed by atoms with E-state index in [1.54, 1.807) is 29.2 Å². The molecule has 0 unspecified atom stereocenters. The monoisotopic (exact) mass is 520 g/mol. The molecule has 8 heteroatoms. The van der Waals surface area contributed by atoms with Crippen molar-refractivity contribution in [1.29, 1.82) is 0 Å². The molecule has 0 aliphatic carbocycles. The standard InChI is InChI=1S/C29H29ClN2O5/c1-29(2,3)28(34)32-22-14-25-24(36-17-37-25)13-21(22)26(31-15-18-9-11-20(30)12-10-18)23(32)16-35-27(33)19-7-5-4-6-8-19/h4-14,23,26,31H,15-17H2,1-3H3/t23-,26+/m1/s1. The van der Waals surface area contributed by atoms with E-state index >= 15 is 0 Å². The Morgan fingerprint density at radius 3 is 2.38 bits per heavy atom. The minimum absolute atomic E-state index is 0.00882. The number of ether oxygens (including phenoxy) is 3. The van der Waals surface area contributed by atoms with Crippen LogP contribution in [0.25, 0.3) is 0 Å². The molecule has 2 aliphatic heterocycles. The fourth-order valence-corrected chi connectivity index (χ4v) is 4.75. The molecule has 2 heterocycles. The molecule has 0 saturated carbocycles. The Balaban J connectivity index is 1.50. The topological polar surface area (TPSA) is 77.1 Å². The zero-order chi connectivity index (χ0) is 26.2. The summed E-state index contributed by atoms with van der Waals surface area (Å²) in [5.74, 6) is 0.695. The maximum Gasteiger partial charge on any atom is 0.338 e. The first-order valence-electron chi connectivity index (χ1n) is 12.2. The van der Waals surface area contributed by atoms with Gasteiger partial charge in [-0.3, -0.25) is 4.79 Å². The molecule has 0 saturated heterocycles. The third kappa shape index (κ3) is 5.15. The van der Waals surface area contributed by atoms with Gasteiger partial charge >= 0.3 is 5.97 Å². The molecule has 0 spiro atoms. The molecule has 3 aromatic rings. The van der Waals surface area contributed by atoms with Gasteiger partial charge in [0.2, 0.25) is 12.7 Å². The number of hydrogen-bond donors (Lipinski definition) is 1. The summed E-state index contributed by atoms with van der Waals surface area (Å²) in [5.41, 5.74) is 2.43. The zero-order valence-corrected chi connectivity index (χ0v) is 21.7. The van der Waals surface area contributed by atoms with Crippen LogP contribution in [0.5, 0.6) is 11.5 Å². The summed E-state index contributed by atoms with van der Waals surface area (Å²) in [4.78, 5) is 28.4. The van der Waals surface area contributed by atoms with Crippen molar-refractivity contribution in [2.45, 2.75) is 39.4 Å². The van der Waals surface area contributed by atoms with E-state index in [0.29, 0.717) is 28.6 Å². The summed E-state index contributed by atoms with van der Waals surface area (Å²) in [6, 6.07) is 19.4. The average molecular weight is 521 g/mol. The molecule has 2 atom stereocenters. The smallest absolute Gasteiger partial charge is 0.338 e. The third-order valence-corrected chi connectivity index (χ3v) is 6.78. The van der Waals surface area contributed by atoms with E-state index in [-0.39, 0.29) is 25.3 Å². The molecule has 1 N–H and O–H groups in total. The number of fused-ring (bicyclic) bond motifs is 2. The summed E-state index contributed by atoms with van der Waals surface area (Å²) in [5, 5.41) is 4.25. The lowest BCUT2D eigenvalue weighted by atomic mass is 9.94. The van der Waals surface area contributed by atoms with Gasteiger partial charge in [0.15, 0.2) is 11.5 Å². The number of amides is 1. The summed E-state index contributed by atoms with van der Waals surface area (Å²) >= 11 is 6.06. The van der Waals surface area contributed by atoms with E-state index in [2.05, 4.69) is 5.32 Å². The van der Waals surface area contributed by atoms with Gasteiger partial charge in [0.1, 0.15) is 6.61 Å². The second-order valence-electron chi connectivity index (χ2n) is 10.2. The molecule has 1 amide bonds. The number of carbonyl (C=O) groups is 2. The molecule has 37 heavy (non-hydrogen) atoms. The second-order valence-corrected chi connectivity index (χ2v) is 10.6. The SMILES string of the molecule is CC(C)(C)C(=O)N1c2cc3c(cc2[C@H](NCc2ccc(Cl)cc2)[C@H]1COC(=O)c1ccccc1)OCO3. The average Bonchev–Trinajstić information content (AvgIpc) is 3.46. The van der Waals surface area contributed by atoms with Crippen molar-refractivity contribution in [3.05, 3.63) is 88.4 Å². The minimum Gasteiger partial charge on any atom is -0.460 e. The summed E-state index contributed by atoms with van der Waals surface area (Å²) in [6.45, 7) is 6.30. The second kappa shape index (κ2) is 10.1. The number of halogens is 1. The Morgan fingerprint density at radius 1 is 1.03 bits per heavy atom. The van der Waals surface area contributed by atoms with Gasteiger partial charge in [-0.15, -0.1) is 0 Å². The van der Waals surface area contributed by atoms with Crippen LogP contribution in [0, 0.1) is 5.41 Å². The largest absolute Gasteiger partial charge is 0.460 e. The number of esters is 1. The van der Waals surface area contributed by atoms with E-state index in [1.807, 2.05) is 63.2 Å². The van der Waals surface area contributed by atoms with Crippen molar-refractivity contribution in [1.82, 2.24) is 5.32 Å². The highest BCUT2D eigenvalue weighted by atomic mass is 35.5. The Kier molecular flexibility index (Phi) is 6.84. The predicted molar refractivity (Wildman–Crippen MR) is 141 cm³/mol. The number of nitrogens with zero attached hydrogens (tertiary/aromatic N) is 1. The van der Waals surface area contributed by atoms with Crippen LogP contribution < -0.4 is 19.7 Å². The Morgan fingerprint density at radius 2 is 1.70 bits per heavy atom. The Bertz CT molecular complexity index is 1300. The fourth-order valence-electron chi connectivity index (χ4n) is 4.63. The van der Waals surface area contributed by atoms with Crippen LogP contribution in [0.2, 0.25) is 5.02 Å². The van der Waals surface area contributed by atoms with Crippen LogP contribution in [0.4, 0.5) is 5.69 Å². The number of benzene rings is 3. The van der Waals surface area contributed by atoms with Crippen LogP contribution in [0.1, 0.15) is 48.3 Å². The quantitative estimate of drug-likeness (QED) is 0.431. The lowest BCUT2D eigenvalue weighted by Gasteiger charge is -2.33. The van der Waals surface area contributed by atoms with Crippen molar-refractivity contribution in [2.75, 3.05) is 18.3 Å². The molecule has 192 valence electrons. The van der Waals surface area contributed by atoms with Crippen LogP contribution in [-0.2, 0) is 16.1 Å². The Hall–Kier alpha value is -3.55. The predicted octanol–water partition coefficient (Wildman–Crippen LogP) is 5.52. The number of carbonyl (C=O) groups excluding carboxylic acids is 2. The molecule has 2 aliphatic rings. The van der Waals surface area contributed by atoms with Crippen LogP contribution in [0.3, 0.4) is 0 Å². The fraction of sp³-hybridized carbons (Fsp3) is 0.310. The number of rotatable bonds is 6. The van der Waals surface area contributed by atoms with Gasteiger partial charge in [0.25, 0.3) is 0 Å².